The molecular weight excluding hydrogens is 473 g/mol. The molecule has 4 heterocycles. The summed E-state index contributed by atoms with van der Waals surface area (Å²) in [6.07, 6.45) is 3.53. The van der Waals surface area contributed by atoms with Gasteiger partial charge in [-0.25, -0.2) is 13.8 Å². The van der Waals surface area contributed by atoms with Crippen LogP contribution in [-0.4, -0.2) is 50.2 Å². The van der Waals surface area contributed by atoms with E-state index in [9.17, 15) is 4.39 Å². The summed E-state index contributed by atoms with van der Waals surface area (Å²) in [5.41, 5.74) is 4.89. The van der Waals surface area contributed by atoms with Gasteiger partial charge >= 0.3 is 0 Å². The summed E-state index contributed by atoms with van der Waals surface area (Å²) in [5, 5.41) is 31.9. The molecule has 0 saturated carbocycles. The molecule has 0 aliphatic carbocycles. The largest absolute Gasteiger partial charge is 0.323 e. The first-order valence-corrected chi connectivity index (χ1v) is 11.0. The Kier molecular flexibility index (Phi) is 5.07. The molecule has 1 atom stereocenters. The summed E-state index contributed by atoms with van der Waals surface area (Å²) >= 11 is 6.83. The van der Waals surface area contributed by atoms with Crippen LogP contribution in [0.25, 0.3) is 11.4 Å². The van der Waals surface area contributed by atoms with Crippen LogP contribution in [0.1, 0.15) is 28.4 Å². The Hall–Kier alpha value is -4.45. The van der Waals surface area contributed by atoms with E-state index in [1.807, 2.05) is 37.3 Å². The molecule has 0 amide bonds. The second-order valence-electron chi connectivity index (χ2n) is 7.98. The minimum atomic E-state index is -0.401. The van der Waals surface area contributed by atoms with Crippen LogP contribution in [0, 0.1) is 12.7 Å². The fraction of sp³-hybridized carbons (Fsp3) is 0.136. The molecular formula is C22H17ClFN11. The first kappa shape index (κ1) is 21.1. The zero-order chi connectivity index (χ0) is 23.9. The summed E-state index contributed by atoms with van der Waals surface area (Å²) in [6.45, 7) is 2.29. The van der Waals surface area contributed by atoms with Crippen molar-refractivity contribution >= 4 is 23.2 Å². The zero-order valence-electron chi connectivity index (χ0n) is 18.3. The highest BCUT2D eigenvalue weighted by atomic mass is 35.5. The number of rotatable bonds is 5. The second-order valence-corrected chi connectivity index (χ2v) is 8.33. The van der Waals surface area contributed by atoms with Gasteiger partial charge < -0.3 is 5.32 Å². The lowest BCUT2D eigenvalue weighted by atomic mass is 10.0. The highest BCUT2D eigenvalue weighted by molar-refractivity contribution is 6.30. The second kappa shape index (κ2) is 8.40. The van der Waals surface area contributed by atoms with Crippen molar-refractivity contribution in [3.63, 3.8) is 0 Å². The van der Waals surface area contributed by atoms with Crippen molar-refractivity contribution in [3.8, 4) is 5.69 Å². The number of aryl methyl sites for hydroxylation is 1. The van der Waals surface area contributed by atoms with Crippen molar-refractivity contribution in [2.75, 3.05) is 5.32 Å². The number of fused-ring (bicyclic) bond motifs is 1. The van der Waals surface area contributed by atoms with E-state index in [0.29, 0.717) is 17.6 Å². The molecule has 13 heteroatoms. The SMILES string of the molecule is Cc1nn(Cc2ccc(F)cc2)c(Cl)c1[C@@H]1C=C(c2cccc(-n3cnnn3)c2)Nc2nnnn21. The number of benzene rings is 2. The minimum Gasteiger partial charge on any atom is -0.323 e. The molecule has 0 spiro atoms. The summed E-state index contributed by atoms with van der Waals surface area (Å²) in [5.74, 6) is 0.182. The Morgan fingerprint density at radius 3 is 2.74 bits per heavy atom. The smallest absolute Gasteiger partial charge is 0.248 e. The van der Waals surface area contributed by atoms with E-state index in [1.165, 1.54) is 18.5 Å². The van der Waals surface area contributed by atoms with Crippen LogP contribution in [0.4, 0.5) is 10.3 Å². The van der Waals surface area contributed by atoms with Crippen LogP contribution in [0.15, 0.2) is 60.9 Å². The normalized spacial score (nSPS) is 14.9. The maximum atomic E-state index is 13.3. The molecule has 1 aliphatic rings. The highest BCUT2D eigenvalue weighted by Crippen LogP contribution is 2.37. The van der Waals surface area contributed by atoms with Crippen molar-refractivity contribution in [1.29, 1.82) is 0 Å². The fourth-order valence-electron chi connectivity index (χ4n) is 4.09. The predicted molar refractivity (Wildman–Crippen MR) is 124 cm³/mol. The van der Waals surface area contributed by atoms with Gasteiger partial charge in [-0.3, -0.25) is 0 Å². The van der Waals surface area contributed by atoms with Crippen LogP contribution in [0.2, 0.25) is 5.15 Å². The number of tetrazole rings is 2. The van der Waals surface area contributed by atoms with Crippen molar-refractivity contribution in [1.82, 2.24) is 50.2 Å². The van der Waals surface area contributed by atoms with Gasteiger partial charge in [-0.1, -0.05) is 41.0 Å². The Labute approximate surface area is 202 Å². The first-order chi connectivity index (χ1) is 17.1. The third-order valence-electron chi connectivity index (χ3n) is 5.75. The van der Waals surface area contributed by atoms with Gasteiger partial charge in [0.2, 0.25) is 5.95 Å². The van der Waals surface area contributed by atoms with Gasteiger partial charge in [0.05, 0.1) is 17.9 Å². The van der Waals surface area contributed by atoms with Gasteiger partial charge in [0.25, 0.3) is 0 Å². The van der Waals surface area contributed by atoms with Gasteiger partial charge in [0.1, 0.15) is 23.3 Å². The monoisotopic (exact) mass is 489 g/mol. The summed E-state index contributed by atoms with van der Waals surface area (Å²) in [7, 11) is 0. The molecule has 1 aliphatic heterocycles. The third kappa shape index (κ3) is 3.83. The van der Waals surface area contributed by atoms with E-state index in [4.69, 9.17) is 11.6 Å². The van der Waals surface area contributed by atoms with Gasteiger partial charge in [0, 0.05) is 11.3 Å². The molecule has 174 valence electrons. The lowest BCUT2D eigenvalue weighted by Crippen LogP contribution is -2.21. The first-order valence-electron chi connectivity index (χ1n) is 10.6. The van der Waals surface area contributed by atoms with Crippen LogP contribution in [0.5, 0.6) is 0 Å². The molecule has 11 nitrogen and oxygen atoms in total. The molecule has 35 heavy (non-hydrogen) atoms. The Bertz CT molecular complexity index is 1540. The van der Waals surface area contributed by atoms with E-state index in [0.717, 1.165) is 33.8 Å². The van der Waals surface area contributed by atoms with Gasteiger partial charge in [-0.2, -0.15) is 9.78 Å². The van der Waals surface area contributed by atoms with Crippen molar-refractivity contribution < 1.29 is 4.39 Å². The maximum Gasteiger partial charge on any atom is 0.248 e. The topological polar surface area (TPSA) is 117 Å². The van der Waals surface area contributed by atoms with E-state index >= 15 is 0 Å². The molecule has 0 bridgehead atoms. The maximum absolute atomic E-state index is 13.3. The van der Waals surface area contributed by atoms with E-state index in [2.05, 4.69) is 41.5 Å². The number of aromatic nitrogens is 10. The van der Waals surface area contributed by atoms with E-state index in [-0.39, 0.29) is 5.82 Å². The summed E-state index contributed by atoms with van der Waals surface area (Å²) in [6, 6.07) is 13.6. The lowest BCUT2D eigenvalue weighted by molar-refractivity contribution is 0.583. The molecule has 0 fully saturated rings. The number of hydrogen-bond donors (Lipinski definition) is 1. The standard InChI is InChI=1S/C22H17ClFN11/c1-13-20(21(23)33(28-13)11-14-5-7-16(24)8-6-14)19-10-18(26-22-27-30-32-35(19)22)15-3-2-4-17(9-15)34-12-25-29-31-34/h2-10,12,19H,11H2,1H3,(H,26,27,32)/t19-/m0/s1. The minimum absolute atomic E-state index is 0.292. The zero-order valence-corrected chi connectivity index (χ0v) is 19.0. The molecule has 1 N–H and O–H groups in total. The quantitative estimate of drug-likeness (QED) is 0.400. The van der Waals surface area contributed by atoms with E-state index in [1.54, 1.807) is 26.2 Å². The van der Waals surface area contributed by atoms with Gasteiger partial charge in [0.15, 0.2) is 0 Å². The highest BCUT2D eigenvalue weighted by Gasteiger charge is 2.30. The Morgan fingerprint density at radius 2 is 1.94 bits per heavy atom. The number of anilines is 1. The van der Waals surface area contributed by atoms with Crippen molar-refractivity contribution in [3.05, 3.63) is 94.3 Å². The predicted octanol–water partition coefficient (Wildman–Crippen LogP) is 3.05. The van der Waals surface area contributed by atoms with Gasteiger partial charge in [-0.15, -0.1) is 5.10 Å². The van der Waals surface area contributed by atoms with Crippen LogP contribution in [-0.2, 0) is 6.54 Å². The van der Waals surface area contributed by atoms with Crippen LogP contribution < -0.4 is 5.32 Å². The van der Waals surface area contributed by atoms with Crippen molar-refractivity contribution in [2.24, 2.45) is 0 Å². The number of nitrogens with zero attached hydrogens (tertiary/aromatic N) is 10. The van der Waals surface area contributed by atoms with E-state index < -0.39 is 6.04 Å². The molecule has 0 radical (unpaired) electrons. The molecule has 5 aromatic rings. The van der Waals surface area contributed by atoms with Crippen LogP contribution in [0.3, 0.4) is 0 Å². The molecule has 0 saturated heterocycles. The third-order valence-corrected chi connectivity index (χ3v) is 6.15. The molecule has 3 aromatic heterocycles. The molecule has 2 aromatic carbocycles. The Morgan fingerprint density at radius 1 is 1.09 bits per heavy atom. The summed E-state index contributed by atoms with van der Waals surface area (Å²) < 4.78 is 18.2. The average molecular weight is 490 g/mol. The summed E-state index contributed by atoms with van der Waals surface area (Å²) in [4.78, 5) is 0. The fourth-order valence-corrected chi connectivity index (χ4v) is 4.44. The number of nitrogens with one attached hydrogen (secondary N) is 1. The average Bonchev–Trinajstić information content (AvgIpc) is 3.62. The lowest BCUT2D eigenvalue weighted by Gasteiger charge is -2.23. The Balaban J connectivity index is 1.40. The number of halogens is 2. The van der Waals surface area contributed by atoms with Crippen molar-refractivity contribution in [2.45, 2.75) is 19.5 Å². The number of allylic oxidation sites excluding steroid dienone is 1. The van der Waals surface area contributed by atoms with Gasteiger partial charge in [-0.05, 0) is 69.2 Å². The molecule has 6 rings (SSSR count). The number of hydrogen-bond acceptors (Lipinski definition) is 8. The van der Waals surface area contributed by atoms with Crippen LogP contribution >= 0.6 is 11.6 Å². The molecule has 0 unspecified atom stereocenters.